The van der Waals surface area contributed by atoms with Gasteiger partial charge in [0.15, 0.2) is 0 Å². The van der Waals surface area contributed by atoms with E-state index in [0.29, 0.717) is 6.54 Å². The fraction of sp³-hybridized carbons (Fsp3) is 0.333. The first-order chi connectivity index (χ1) is 6.29. The summed E-state index contributed by atoms with van der Waals surface area (Å²) < 4.78 is 2.23. The van der Waals surface area contributed by atoms with Gasteiger partial charge in [0.25, 0.3) is 0 Å². The Bertz CT molecular complexity index is 314. The fourth-order valence-electron chi connectivity index (χ4n) is 1.20. The molecular formula is C9H12N2S2. The second-order valence-corrected chi connectivity index (χ2v) is 5.34. The highest BCUT2D eigenvalue weighted by atomic mass is 32.2. The summed E-state index contributed by atoms with van der Waals surface area (Å²) in [5, 5.41) is 0. The SMILES string of the molecule is Cc1ccc2c(c1)SN(CCN)S2. The molecule has 2 nitrogen and oxygen atoms in total. The normalized spacial score (nSPS) is 16.2. The van der Waals surface area contributed by atoms with Crippen LogP contribution in [-0.2, 0) is 0 Å². The highest BCUT2D eigenvalue weighted by Gasteiger charge is 2.19. The quantitative estimate of drug-likeness (QED) is 0.762. The molecule has 0 bridgehead atoms. The molecule has 2 rings (SSSR count). The van der Waals surface area contributed by atoms with Crippen LogP contribution in [0.1, 0.15) is 5.56 Å². The van der Waals surface area contributed by atoms with Crippen LogP contribution >= 0.6 is 23.9 Å². The molecule has 0 saturated heterocycles. The monoisotopic (exact) mass is 212 g/mol. The minimum absolute atomic E-state index is 0.715. The van der Waals surface area contributed by atoms with Gasteiger partial charge in [0.2, 0.25) is 0 Å². The van der Waals surface area contributed by atoms with Gasteiger partial charge in [0, 0.05) is 22.9 Å². The Morgan fingerprint density at radius 2 is 2.08 bits per heavy atom. The first-order valence-electron chi connectivity index (χ1n) is 4.24. The van der Waals surface area contributed by atoms with E-state index in [1.54, 1.807) is 23.9 Å². The lowest BCUT2D eigenvalue weighted by Crippen LogP contribution is -2.14. The number of aryl methyl sites for hydroxylation is 1. The lowest BCUT2D eigenvalue weighted by atomic mass is 10.2. The molecule has 0 amide bonds. The minimum atomic E-state index is 0.715. The average Bonchev–Trinajstić information content (AvgIpc) is 2.46. The number of hydrogen-bond donors (Lipinski definition) is 1. The van der Waals surface area contributed by atoms with Gasteiger partial charge in [-0.25, -0.2) is 0 Å². The molecule has 70 valence electrons. The Balaban J connectivity index is 2.16. The third-order valence-electron chi connectivity index (χ3n) is 1.81. The molecule has 0 unspecified atom stereocenters. The van der Waals surface area contributed by atoms with Crippen molar-refractivity contribution in [3.63, 3.8) is 0 Å². The average molecular weight is 212 g/mol. The highest BCUT2D eigenvalue weighted by molar-refractivity contribution is 8.14. The molecular weight excluding hydrogens is 200 g/mol. The van der Waals surface area contributed by atoms with Crippen LogP contribution in [0, 0.1) is 6.92 Å². The van der Waals surface area contributed by atoms with Gasteiger partial charge in [-0.2, -0.15) is 3.71 Å². The number of nitrogens with zero attached hydrogens (tertiary/aromatic N) is 1. The van der Waals surface area contributed by atoms with Crippen molar-refractivity contribution >= 4 is 23.9 Å². The van der Waals surface area contributed by atoms with Gasteiger partial charge < -0.3 is 5.73 Å². The molecule has 2 N–H and O–H groups in total. The molecule has 1 aliphatic heterocycles. The summed E-state index contributed by atoms with van der Waals surface area (Å²) in [4.78, 5) is 2.71. The van der Waals surface area contributed by atoms with Crippen molar-refractivity contribution in [2.45, 2.75) is 16.7 Å². The zero-order valence-electron chi connectivity index (χ0n) is 7.49. The summed E-state index contributed by atoms with van der Waals surface area (Å²) in [6.07, 6.45) is 0. The molecule has 0 spiro atoms. The summed E-state index contributed by atoms with van der Waals surface area (Å²) >= 11 is 3.58. The van der Waals surface area contributed by atoms with E-state index in [9.17, 15) is 0 Å². The zero-order chi connectivity index (χ0) is 9.26. The maximum Gasteiger partial charge on any atom is 0.0390 e. The Morgan fingerprint density at radius 3 is 2.85 bits per heavy atom. The van der Waals surface area contributed by atoms with Crippen LogP contribution < -0.4 is 5.73 Å². The van der Waals surface area contributed by atoms with Crippen molar-refractivity contribution in [3.05, 3.63) is 23.8 Å². The fourth-order valence-corrected chi connectivity index (χ4v) is 3.56. The number of fused-ring (bicyclic) bond motifs is 1. The molecule has 0 aromatic heterocycles. The van der Waals surface area contributed by atoms with Gasteiger partial charge >= 0.3 is 0 Å². The number of benzene rings is 1. The van der Waals surface area contributed by atoms with Crippen LogP contribution in [0.2, 0.25) is 0 Å². The minimum Gasteiger partial charge on any atom is -0.329 e. The van der Waals surface area contributed by atoms with Crippen LogP contribution in [0.3, 0.4) is 0 Å². The van der Waals surface area contributed by atoms with Gasteiger partial charge in [0.1, 0.15) is 0 Å². The van der Waals surface area contributed by atoms with Crippen LogP contribution in [0.15, 0.2) is 28.0 Å². The molecule has 0 radical (unpaired) electrons. The van der Waals surface area contributed by atoms with E-state index >= 15 is 0 Å². The predicted molar refractivity (Wildman–Crippen MR) is 58.7 cm³/mol. The van der Waals surface area contributed by atoms with Crippen LogP contribution in [-0.4, -0.2) is 16.8 Å². The predicted octanol–water partition coefficient (Wildman–Crippen LogP) is 2.28. The van der Waals surface area contributed by atoms with Gasteiger partial charge in [-0.15, -0.1) is 0 Å². The van der Waals surface area contributed by atoms with Crippen LogP contribution in [0.5, 0.6) is 0 Å². The van der Waals surface area contributed by atoms with Crippen molar-refractivity contribution < 1.29 is 0 Å². The summed E-state index contributed by atoms with van der Waals surface area (Å²) in [5.41, 5.74) is 6.83. The van der Waals surface area contributed by atoms with Crippen molar-refractivity contribution in [2.75, 3.05) is 13.1 Å². The van der Waals surface area contributed by atoms with E-state index in [-0.39, 0.29) is 0 Å². The van der Waals surface area contributed by atoms with Crippen molar-refractivity contribution in [1.82, 2.24) is 3.71 Å². The number of hydrogen-bond acceptors (Lipinski definition) is 4. The van der Waals surface area contributed by atoms with E-state index in [1.807, 2.05) is 0 Å². The molecule has 0 fully saturated rings. The third kappa shape index (κ3) is 2.02. The lowest BCUT2D eigenvalue weighted by molar-refractivity contribution is 0.743. The first-order valence-corrected chi connectivity index (χ1v) is 5.78. The van der Waals surface area contributed by atoms with Crippen LogP contribution in [0.4, 0.5) is 0 Å². The number of nitrogens with two attached hydrogens (primary N) is 1. The standard InChI is InChI=1S/C9H12N2S2/c1-7-2-3-8-9(6-7)13-11(12-8)5-4-10/h2-3,6H,4-5,10H2,1H3. The largest absolute Gasteiger partial charge is 0.329 e. The highest BCUT2D eigenvalue weighted by Crippen LogP contribution is 2.46. The molecule has 1 aromatic carbocycles. The Labute approximate surface area is 87.1 Å². The number of rotatable bonds is 2. The van der Waals surface area contributed by atoms with Crippen LogP contribution in [0.25, 0.3) is 0 Å². The van der Waals surface area contributed by atoms with E-state index in [2.05, 4.69) is 28.8 Å². The molecule has 0 atom stereocenters. The van der Waals surface area contributed by atoms with Gasteiger partial charge in [0.05, 0.1) is 0 Å². The summed E-state index contributed by atoms with van der Waals surface area (Å²) in [6.45, 7) is 3.77. The maximum absolute atomic E-state index is 5.50. The second kappa shape index (κ2) is 3.92. The molecule has 1 aliphatic rings. The van der Waals surface area contributed by atoms with Crippen molar-refractivity contribution in [2.24, 2.45) is 5.73 Å². The lowest BCUT2D eigenvalue weighted by Gasteiger charge is -2.08. The summed E-state index contributed by atoms with van der Waals surface area (Å²) in [6, 6.07) is 6.56. The summed E-state index contributed by atoms with van der Waals surface area (Å²) in [7, 11) is 0. The van der Waals surface area contributed by atoms with Gasteiger partial charge in [-0.1, -0.05) is 6.07 Å². The summed E-state index contributed by atoms with van der Waals surface area (Å²) in [5.74, 6) is 0. The smallest absolute Gasteiger partial charge is 0.0390 e. The molecule has 0 saturated carbocycles. The maximum atomic E-state index is 5.50. The molecule has 1 aromatic rings. The van der Waals surface area contributed by atoms with E-state index in [4.69, 9.17) is 5.73 Å². The first kappa shape index (κ1) is 9.40. The Morgan fingerprint density at radius 1 is 1.31 bits per heavy atom. The third-order valence-corrected chi connectivity index (χ3v) is 4.25. The van der Waals surface area contributed by atoms with E-state index in [0.717, 1.165) is 6.54 Å². The van der Waals surface area contributed by atoms with E-state index in [1.165, 1.54) is 15.4 Å². The Kier molecular flexibility index (Phi) is 2.83. The molecule has 13 heavy (non-hydrogen) atoms. The molecule has 0 aliphatic carbocycles. The van der Waals surface area contributed by atoms with Gasteiger partial charge in [-0.05, 0) is 48.5 Å². The zero-order valence-corrected chi connectivity index (χ0v) is 9.12. The topological polar surface area (TPSA) is 29.3 Å². The molecule has 4 heteroatoms. The Hall–Kier alpha value is -0.160. The second-order valence-electron chi connectivity index (χ2n) is 2.98. The molecule has 1 heterocycles. The van der Waals surface area contributed by atoms with Crippen molar-refractivity contribution in [3.8, 4) is 0 Å². The van der Waals surface area contributed by atoms with Gasteiger partial charge in [-0.3, -0.25) is 0 Å². The van der Waals surface area contributed by atoms with Crippen molar-refractivity contribution in [1.29, 1.82) is 0 Å². The van der Waals surface area contributed by atoms with E-state index < -0.39 is 0 Å².